The highest BCUT2D eigenvalue weighted by atomic mass is 19.1. The Morgan fingerprint density at radius 3 is 2.41 bits per heavy atom. The van der Waals surface area contributed by atoms with Crippen molar-refractivity contribution in [2.45, 2.75) is 13.8 Å². The van der Waals surface area contributed by atoms with Gasteiger partial charge in [0.2, 0.25) is 5.76 Å². The van der Waals surface area contributed by atoms with E-state index in [2.05, 4.69) is 5.32 Å². The van der Waals surface area contributed by atoms with E-state index in [0.29, 0.717) is 16.9 Å². The van der Waals surface area contributed by atoms with Gasteiger partial charge in [-0.3, -0.25) is 9.59 Å². The summed E-state index contributed by atoms with van der Waals surface area (Å²) in [7, 11) is 0. The number of nitrogens with one attached hydrogen (secondary N) is 1. The summed E-state index contributed by atoms with van der Waals surface area (Å²) in [5.74, 6) is -1.78. The highest BCUT2D eigenvalue weighted by Crippen LogP contribution is 2.23. The Morgan fingerprint density at radius 1 is 1.03 bits per heavy atom. The van der Waals surface area contributed by atoms with Crippen molar-refractivity contribution in [1.82, 2.24) is 0 Å². The van der Waals surface area contributed by atoms with Gasteiger partial charge in [-0.25, -0.2) is 9.18 Å². The molecule has 3 aromatic rings. The summed E-state index contributed by atoms with van der Waals surface area (Å²) in [6.45, 7) is 2.61. The molecule has 0 spiro atoms. The second kappa shape index (κ2) is 8.52. The maximum Gasteiger partial charge on any atom is 0.374 e. The smallest absolute Gasteiger partial charge is 0.374 e. The highest BCUT2D eigenvalue weighted by molar-refractivity contribution is 5.95. The molecular formula is C22H18FNO5. The number of carbonyl (C=O) groups is 3. The van der Waals surface area contributed by atoms with Gasteiger partial charge in [-0.1, -0.05) is 30.3 Å². The number of esters is 1. The number of anilines is 1. The number of carbonyl (C=O) groups excluding carboxylic acids is 3. The number of furan rings is 1. The van der Waals surface area contributed by atoms with Gasteiger partial charge < -0.3 is 14.5 Å². The Labute approximate surface area is 166 Å². The van der Waals surface area contributed by atoms with E-state index in [9.17, 15) is 18.8 Å². The van der Waals surface area contributed by atoms with Crippen molar-refractivity contribution >= 4 is 23.3 Å². The average molecular weight is 395 g/mol. The van der Waals surface area contributed by atoms with Crippen LogP contribution in [0.4, 0.5) is 10.1 Å². The van der Waals surface area contributed by atoms with Gasteiger partial charge in [0.1, 0.15) is 11.6 Å². The van der Waals surface area contributed by atoms with Crippen LogP contribution in [0.25, 0.3) is 11.3 Å². The number of rotatable bonds is 6. The fourth-order valence-corrected chi connectivity index (χ4v) is 2.58. The van der Waals surface area contributed by atoms with E-state index < -0.39 is 24.3 Å². The number of Topliss-reactive ketones (excluding diaryl/α,β-unsaturated/α-hetero) is 1. The average Bonchev–Trinajstić information content (AvgIpc) is 3.19. The van der Waals surface area contributed by atoms with Gasteiger partial charge >= 0.3 is 5.97 Å². The van der Waals surface area contributed by atoms with Crippen LogP contribution in [0.2, 0.25) is 0 Å². The topological polar surface area (TPSA) is 85.6 Å². The summed E-state index contributed by atoms with van der Waals surface area (Å²) in [5.41, 5.74) is 1.97. The molecule has 6 nitrogen and oxygen atoms in total. The molecule has 1 aromatic heterocycles. The van der Waals surface area contributed by atoms with E-state index in [1.807, 2.05) is 0 Å². The minimum absolute atomic E-state index is 0.00550. The third-order valence-corrected chi connectivity index (χ3v) is 4.12. The van der Waals surface area contributed by atoms with Crippen molar-refractivity contribution in [2.75, 3.05) is 11.9 Å². The molecule has 0 fully saturated rings. The zero-order valence-corrected chi connectivity index (χ0v) is 15.8. The fourth-order valence-electron chi connectivity index (χ4n) is 2.58. The molecule has 0 bridgehead atoms. The van der Waals surface area contributed by atoms with Gasteiger partial charge in [0.25, 0.3) is 5.91 Å². The van der Waals surface area contributed by atoms with E-state index >= 15 is 0 Å². The summed E-state index contributed by atoms with van der Waals surface area (Å²) in [5, 5.41) is 2.34. The maximum absolute atomic E-state index is 13.8. The highest BCUT2D eigenvalue weighted by Gasteiger charge is 2.16. The maximum atomic E-state index is 13.8. The molecule has 0 aliphatic rings. The lowest BCUT2D eigenvalue weighted by molar-refractivity contribution is -0.119. The number of benzene rings is 2. The largest absolute Gasteiger partial charge is 0.450 e. The minimum Gasteiger partial charge on any atom is -0.450 e. The van der Waals surface area contributed by atoms with Gasteiger partial charge in [0, 0.05) is 11.1 Å². The third kappa shape index (κ3) is 4.95. The van der Waals surface area contributed by atoms with Crippen molar-refractivity contribution in [1.29, 1.82) is 0 Å². The first kappa shape index (κ1) is 20.0. The summed E-state index contributed by atoms with van der Waals surface area (Å²) in [6.07, 6.45) is 0. The molecule has 7 heteroatoms. The number of ketones is 1. The first-order valence-corrected chi connectivity index (χ1v) is 8.78. The molecule has 148 valence electrons. The van der Waals surface area contributed by atoms with Crippen LogP contribution in [-0.4, -0.2) is 24.3 Å². The number of halogens is 1. The fraction of sp³-hybridized carbons (Fsp3) is 0.136. The Balaban J connectivity index is 1.58. The van der Waals surface area contributed by atoms with E-state index in [1.165, 1.54) is 25.1 Å². The number of aryl methyl sites for hydroxylation is 1. The van der Waals surface area contributed by atoms with Crippen LogP contribution in [0.3, 0.4) is 0 Å². The Kier molecular flexibility index (Phi) is 5.87. The number of hydrogen-bond acceptors (Lipinski definition) is 5. The molecule has 0 atom stereocenters. The molecule has 0 saturated carbocycles. The molecule has 29 heavy (non-hydrogen) atoms. The molecule has 0 aliphatic heterocycles. The van der Waals surface area contributed by atoms with E-state index in [1.54, 1.807) is 43.3 Å². The van der Waals surface area contributed by atoms with Crippen LogP contribution >= 0.6 is 0 Å². The molecule has 0 radical (unpaired) electrons. The molecule has 1 N–H and O–H groups in total. The summed E-state index contributed by atoms with van der Waals surface area (Å²) >= 11 is 0. The second-order valence-corrected chi connectivity index (χ2v) is 6.41. The van der Waals surface area contributed by atoms with Gasteiger partial charge in [0.15, 0.2) is 12.4 Å². The molecule has 0 aliphatic carbocycles. The molecule has 0 unspecified atom stereocenters. The molecular weight excluding hydrogens is 377 g/mol. The van der Waals surface area contributed by atoms with Crippen LogP contribution in [0, 0.1) is 12.7 Å². The molecule has 1 amide bonds. The molecule has 1 heterocycles. The van der Waals surface area contributed by atoms with Crippen molar-refractivity contribution < 1.29 is 27.9 Å². The first-order chi connectivity index (χ1) is 13.8. The van der Waals surface area contributed by atoms with Crippen molar-refractivity contribution in [3.8, 4) is 11.3 Å². The third-order valence-electron chi connectivity index (χ3n) is 4.12. The monoisotopic (exact) mass is 395 g/mol. The second-order valence-electron chi connectivity index (χ2n) is 6.41. The van der Waals surface area contributed by atoms with E-state index in [4.69, 9.17) is 9.15 Å². The number of amides is 1. The van der Waals surface area contributed by atoms with Crippen molar-refractivity contribution in [3.63, 3.8) is 0 Å². The Morgan fingerprint density at radius 2 is 1.76 bits per heavy atom. The van der Waals surface area contributed by atoms with Gasteiger partial charge in [0.05, 0.1) is 5.69 Å². The summed E-state index contributed by atoms with van der Waals surface area (Å²) < 4.78 is 24.1. The van der Waals surface area contributed by atoms with E-state index in [0.717, 1.165) is 5.56 Å². The zero-order valence-electron chi connectivity index (χ0n) is 15.8. The summed E-state index contributed by atoms with van der Waals surface area (Å²) in [6, 6.07) is 14.1. The molecule has 3 rings (SSSR count). The van der Waals surface area contributed by atoms with Crippen LogP contribution < -0.4 is 5.32 Å². The van der Waals surface area contributed by atoms with Crippen LogP contribution in [-0.2, 0) is 9.53 Å². The lowest BCUT2D eigenvalue weighted by atomic mass is 10.1. The zero-order chi connectivity index (χ0) is 21.0. The lowest BCUT2D eigenvalue weighted by Gasteiger charge is -2.07. The van der Waals surface area contributed by atoms with Gasteiger partial charge in [-0.05, 0) is 43.7 Å². The van der Waals surface area contributed by atoms with Crippen molar-refractivity contribution in [2.24, 2.45) is 0 Å². The Bertz CT molecular complexity index is 1070. The lowest BCUT2D eigenvalue weighted by Crippen LogP contribution is -2.21. The van der Waals surface area contributed by atoms with Gasteiger partial charge in [-0.2, -0.15) is 0 Å². The predicted octanol–water partition coefficient (Wildman–Crippen LogP) is 4.39. The SMILES string of the molecule is CC(=O)c1ccc(-c2ccc(C(=O)OCC(=O)Nc3ccc(C)cc3F)o2)cc1. The van der Waals surface area contributed by atoms with E-state index in [-0.39, 0.29) is 17.2 Å². The van der Waals surface area contributed by atoms with Gasteiger partial charge in [-0.15, -0.1) is 0 Å². The van der Waals surface area contributed by atoms with Crippen LogP contribution in [0.15, 0.2) is 59.0 Å². The predicted molar refractivity (Wildman–Crippen MR) is 104 cm³/mol. The Hall–Kier alpha value is -3.74. The molecule has 2 aromatic carbocycles. The minimum atomic E-state index is -0.823. The quantitative estimate of drug-likeness (QED) is 0.494. The van der Waals surface area contributed by atoms with Crippen LogP contribution in [0.5, 0.6) is 0 Å². The first-order valence-electron chi connectivity index (χ1n) is 8.78. The number of hydrogen-bond donors (Lipinski definition) is 1. The standard InChI is InChI=1S/C22H18FNO5/c1-13-3-8-18(17(23)11-13)24-21(26)12-28-22(27)20-10-9-19(29-20)16-6-4-15(5-7-16)14(2)25/h3-11H,12H2,1-2H3,(H,24,26). The number of ether oxygens (including phenoxy) is 1. The molecule has 0 saturated heterocycles. The summed E-state index contributed by atoms with van der Waals surface area (Å²) in [4.78, 5) is 35.3. The van der Waals surface area contributed by atoms with Crippen LogP contribution in [0.1, 0.15) is 33.4 Å². The normalized spacial score (nSPS) is 10.4. The van der Waals surface area contributed by atoms with Crippen molar-refractivity contribution in [3.05, 3.63) is 77.3 Å².